The van der Waals surface area contributed by atoms with Crippen LogP contribution in [0.25, 0.3) is 10.8 Å². The zero-order valence-electron chi connectivity index (χ0n) is 20.2. The molecule has 2 nitrogen and oxygen atoms in total. The first-order valence-corrected chi connectivity index (χ1v) is 13.1. The van der Waals surface area contributed by atoms with Gasteiger partial charge in [-0.1, -0.05) is 97.1 Å². The highest BCUT2D eigenvalue weighted by Gasteiger charge is 2.22. The van der Waals surface area contributed by atoms with Gasteiger partial charge in [0.15, 0.2) is 0 Å². The normalized spacial score (nSPS) is 10.8. The maximum Gasteiger partial charge on any atom is 0.0656 e. The molecule has 0 saturated carbocycles. The van der Waals surface area contributed by atoms with Crippen LogP contribution in [-0.2, 0) is 0 Å². The van der Waals surface area contributed by atoms with Gasteiger partial charge < -0.3 is 9.80 Å². The van der Waals surface area contributed by atoms with Gasteiger partial charge in [-0.25, -0.2) is 0 Å². The van der Waals surface area contributed by atoms with E-state index in [-0.39, 0.29) is 0 Å². The van der Waals surface area contributed by atoms with Gasteiger partial charge in [0.1, 0.15) is 0 Å². The molecule has 178 valence electrons. The van der Waals surface area contributed by atoms with Gasteiger partial charge in [-0.05, 0) is 75.9 Å². The number of hydrogen-bond donors (Lipinski definition) is 0. The fourth-order valence-electron chi connectivity index (χ4n) is 4.82. The van der Waals surface area contributed by atoms with Crippen molar-refractivity contribution in [3.8, 4) is 0 Å². The Bertz CT molecular complexity index is 1590. The standard InChI is InChI=1S/C34H25BrN2/c35-34-32(36(27-16-4-1-5-17-27)28-18-6-2-7-19-28)24-13-25-33(34)37(29-20-8-3-9-21-29)31-23-12-15-26-14-10-11-22-30(26)31/h1-25H. The van der Waals surface area contributed by atoms with E-state index in [1.165, 1.54) is 10.8 Å². The predicted octanol–water partition coefficient (Wildman–Crippen LogP) is 10.5. The fraction of sp³-hybridized carbons (Fsp3) is 0. The molecule has 0 aromatic heterocycles. The lowest BCUT2D eigenvalue weighted by Gasteiger charge is -2.31. The third-order valence-electron chi connectivity index (χ3n) is 6.49. The monoisotopic (exact) mass is 540 g/mol. The second-order valence-corrected chi connectivity index (χ2v) is 9.58. The van der Waals surface area contributed by atoms with Crippen molar-refractivity contribution in [2.45, 2.75) is 0 Å². The number of anilines is 6. The summed E-state index contributed by atoms with van der Waals surface area (Å²) in [7, 11) is 0. The lowest BCUT2D eigenvalue weighted by Crippen LogP contribution is -2.14. The number of fused-ring (bicyclic) bond motifs is 1. The third kappa shape index (κ3) is 4.50. The Morgan fingerprint density at radius 3 is 1.35 bits per heavy atom. The highest BCUT2D eigenvalue weighted by molar-refractivity contribution is 9.10. The third-order valence-corrected chi connectivity index (χ3v) is 7.30. The van der Waals surface area contributed by atoms with Crippen molar-refractivity contribution in [2.24, 2.45) is 0 Å². The van der Waals surface area contributed by atoms with E-state index in [9.17, 15) is 0 Å². The van der Waals surface area contributed by atoms with E-state index in [2.05, 4.69) is 177 Å². The van der Waals surface area contributed by atoms with Gasteiger partial charge in [-0.15, -0.1) is 0 Å². The Labute approximate surface area is 226 Å². The number of para-hydroxylation sites is 3. The van der Waals surface area contributed by atoms with Crippen molar-refractivity contribution in [3.05, 3.63) is 156 Å². The smallest absolute Gasteiger partial charge is 0.0656 e. The Kier molecular flexibility index (Phi) is 6.45. The van der Waals surface area contributed by atoms with Crippen LogP contribution in [0.1, 0.15) is 0 Å². The second kappa shape index (κ2) is 10.3. The van der Waals surface area contributed by atoms with E-state index >= 15 is 0 Å². The second-order valence-electron chi connectivity index (χ2n) is 8.79. The van der Waals surface area contributed by atoms with E-state index in [4.69, 9.17) is 0 Å². The van der Waals surface area contributed by atoms with E-state index in [0.29, 0.717) is 0 Å². The quantitative estimate of drug-likeness (QED) is 0.207. The Morgan fingerprint density at radius 1 is 0.351 bits per heavy atom. The molecule has 0 radical (unpaired) electrons. The number of nitrogens with zero attached hydrogens (tertiary/aromatic N) is 2. The summed E-state index contributed by atoms with van der Waals surface area (Å²) in [6, 6.07) is 53.1. The van der Waals surface area contributed by atoms with Gasteiger partial charge in [0.2, 0.25) is 0 Å². The van der Waals surface area contributed by atoms with Crippen molar-refractivity contribution in [1.29, 1.82) is 0 Å². The fourth-order valence-corrected chi connectivity index (χ4v) is 5.44. The highest BCUT2D eigenvalue weighted by atomic mass is 79.9. The van der Waals surface area contributed by atoms with Crippen LogP contribution < -0.4 is 9.80 Å². The molecule has 0 bridgehead atoms. The molecule has 0 atom stereocenters. The van der Waals surface area contributed by atoms with Crippen LogP contribution in [0.15, 0.2) is 156 Å². The summed E-state index contributed by atoms with van der Waals surface area (Å²) in [6.07, 6.45) is 0. The zero-order valence-corrected chi connectivity index (χ0v) is 21.8. The molecule has 0 N–H and O–H groups in total. The maximum atomic E-state index is 4.05. The van der Waals surface area contributed by atoms with Gasteiger partial charge in [0, 0.05) is 22.4 Å². The molecule has 0 spiro atoms. The van der Waals surface area contributed by atoms with Crippen molar-refractivity contribution in [2.75, 3.05) is 9.80 Å². The number of hydrogen-bond acceptors (Lipinski definition) is 2. The van der Waals surface area contributed by atoms with Gasteiger partial charge >= 0.3 is 0 Å². The van der Waals surface area contributed by atoms with Gasteiger partial charge in [0.05, 0.1) is 21.5 Å². The average Bonchev–Trinajstić information content (AvgIpc) is 2.97. The minimum atomic E-state index is 1.01. The highest BCUT2D eigenvalue weighted by Crippen LogP contribution is 2.47. The molecule has 0 aliphatic carbocycles. The van der Waals surface area contributed by atoms with Crippen LogP contribution in [0.2, 0.25) is 0 Å². The maximum absolute atomic E-state index is 4.05. The minimum Gasteiger partial charge on any atom is -0.309 e. The predicted molar refractivity (Wildman–Crippen MR) is 161 cm³/mol. The molecule has 0 unspecified atom stereocenters. The molecule has 6 aromatic rings. The Hall–Kier alpha value is -4.34. The van der Waals surface area contributed by atoms with Crippen molar-refractivity contribution in [3.63, 3.8) is 0 Å². The molecule has 0 heterocycles. The van der Waals surface area contributed by atoms with Crippen molar-refractivity contribution >= 4 is 60.8 Å². The summed E-state index contributed by atoms with van der Waals surface area (Å²) in [5, 5.41) is 2.41. The van der Waals surface area contributed by atoms with Crippen LogP contribution >= 0.6 is 15.9 Å². The first-order chi connectivity index (χ1) is 18.3. The summed E-state index contributed by atoms with van der Waals surface area (Å²) in [5.41, 5.74) is 6.56. The van der Waals surface area contributed by atoms with Crippen LogP contribution in [-0.4, -0.2) is 0 Å². The summed E-state index contributed by atoms with van der Waals surface area (Å²) < 4.78 is 1.01. The van der Waals surface area contributed by atoms with Gasteiger partial charge in [0.25, 0.3) is 0 Å². The summed E-state index contributed by atoms with van der Waals surface area (Å²) >= 11 is 4.05. The van der Waals surface area contributed by atoms with E-state index in [1.807, 2.05) is 0 Å². The minimum absolute atomic E-state index is 1.01. The molecule has 0 amide bonds. The largest absolute Gasteiger partial charge is 0.309 e. The first-order valence-electron chi connectivity index (χ1n) is 12.3. The lowest BCUT2D eigenvalue weighted by atomic mass is 10.1. The van der Waals surface area contributed by atoms with Crippen LogP contribution in [0.3, 0.4) is 0 Å². The molecular formula is C34H25BrN2. The van der Waals surface area contributed by atoms with Crippen LogP contribution in [0, 0.1) is 0 Å². The van der Waals surface area contributed by atoms with Crippen molar-refractivity contribution in [1.82, 2.24) is 0 Å². The molecule has 0 fully saturated rings. The molecule has 0 saturated heterocycles. The van der Waals surface area contributed by atoms with E-state index in [1.54, 1.807) is 0 Å². The zero-order chi connectivity index (χ0) is 25.0. The molecule has 0 aliphatic rings. The number of halogens is 1. The first kappa shape index (κ1) is 23.1. The van der Waals surface area contributed by atoms with Gasteiger partial charge in [-0.2, -0.15) is 0 Å². The van der Waals surface area contributed by atoms with Crippen LogP contribution in [0.5, 0.6) is 0 Å². The summed E-state index contributed by atoms with van der Waals surface area (Å²) in [6.45, 7) is 0. The SMILES string of the molecule is Brc1c(N(c2ccccc2)c2ccccc2)cccc1N(c1ccccc1)c1cccc2ccccc12. The molecular weight excluding hydrogens is 516 g/mol. The molecule has 6 rings (SSSR count). The van der Waals surface area contributed by atoms with E-state index in [0.717, 1.165) is 38.6 Å². The van der Waals surface area contributed by atoms with Crippen molar-refractivity contribution < 1.29 is 0 Å². The number of rotatable bonds is 6. The Morgan fingerprint density at radius 2 is 0.757 bits per heavy atom. The Balaban J connectivity index is 1.59. The van der Waals surface area contributed by atoms with E-state index < -0.39 is 0 Å². The van der Waals surface area contributed by atoms with Crippen LogP contribution in [0.4, 0.5) is 34.1 Å². The lowest BCUT2D eigenvalue weighted by molar-refractivity contribution is 1.24. The summed E-state index contributed by atoms with van der Waals surface area (Å²) in [5.74, 6) is 0. The molecule has 3 heteroatoms. The van der Waals surface area contributed by atoms with Gasteiger partial charge in [-0.3, -0.25) is 0 Å². The number of benzene rings is 6. The molecule has 0 aliphatic heterocycles. The molecule has 6 aromatic carbocycles. The average molecular weight is 541 g/mol. The topological polar surface area (TPSA) is 6.48 Å². The summed E-state index contributed by atoms with van der Waals surface area (Å²) in [4.78, 5) is 4.63. The molecule has 37 heavy (non-hydrogen) atoms.